The SMILES string of the molecule is CSc1ccccc1-n1[nH]c(-c2ccc(F)cc2)c(-c2ccncc2)c1=[N+]=[N-]. The third-order valence-corrected chi connectivity index (χ3v) is 5.22. The number of halogens is 1. The molecule has 0 amide bonds. The topological polar surface area (TPSA) is 70.0 Å². The smallest absolute Gasteiger partial charge is 0.393 e. The molecular formula is C21H16FN5S. The van der Waals surface area contributed by atoms with Crippen LogP contribution in [0.1, 0.15) is 0 Å². The second-order valence-corrected chi connectivity index (χ2v) is 6.88. The molecule has 5 nitrogen and oxygen atoms in total. The fraction of sp³-hybridized carbons (Fsp3) is 0.0476. The van der Waals surface area contributed by atoms with E-state index in [4.69, 9.17) is 0 Å². The lowest BCUT2D eigenvalue weighted by atomic mass is 10.0. The van der Waals surface area contributed by atoms with Gasteiger partial charge in [0.15, 0.2) is 5.69 Å². The van der Waals surface area contributed by atoms with Crippen LogP contribution < -0.4 is 5.49 Å². The van der Waals surface area contributed by atoms with Gasteiger partial charge in [-0.15, -0.1) is 16.4 Å². The molecule has 0 radical (unpaired) electrons. The number of nitrogens with one attached hydrogen (secondary N) is 1. The van der Waals surface area contributed by atoms with E-state index in [9.17, 15) is 9.92 Å². The molecule has 138 valence electrons. The zero-order valence-electron chi connectivity index (χ0n) is 15.0. The highest BCUT2D eigenvalue weighted by Crippen LogP contribution is 2.30. The molecule has 1 N–H and O–H groups in total. The van der Waals surface area contributed by atoms with Gasteiger partial charge in [0, 0.05) is 18.0 Å². The summed E-state index contributed by atoms with van der Waals surface area (Å²) in [4.78, 5) is 8.68. The molecule has 0 aliphatic heterocycles. The van der Waals surface area contributed by atoms with Crippen molar-refractivity contribution in [1.82, 2.24) is 14.8 Å². The van der Waals surface area contributed by atoms with Crippen LogP contribution in [0.3, 0.4) is 0 Å². The first-order chi connectivity index (χ1) is 13.7. The molecule has 0 aliphatic carbocycles. The third kappa shape index (κ3) is 3.17. The van der Waals surface area contributed by atoms with Crippen molar-refractivity contribution in [1.29, 1.82) is 0 Å². The van der Waals surface area contributed by atoms with Crippen LogP contribution in [0, 0.1) is 5.82 Å². The van der Waals surface area contributed by atoms with Gasteiger partial charge < -0.3 is 10.3 Å². The van der Waals surface area contributed by atoms with E-state index in [1.807, 2.05) is 42.7 Å². The molecular weight excluding hydrogens is 373 g/mol. The molecule has 7 heteroatoms. The van der Waals surface area contributed by atoms with E-state index in [0.717, 1.165) is 27.4 Å². The van der Waals surface area contributed by atoms with E-state index < -0.39 is 0 Å². The Kier molecular flexibility index (Phi) is 4.93. The molecule has 28 heavy (non-hydrogen) atoms. The average Bonchev–Trinajstić information content (AvgIpc) is 3.14. The number of aromatic amines is 1. The maximum atomic E-state index is 13.5. The first-order valence-corrected chi connectivity index (χ1v) is 9.78. The van der Waals surface area contributed by atoms with Crippen LogP contribution in [-0.2, 0) is 0 Å². The number of rotatable bonds is 4. The molecule has 0 saturated carbocycles. The predicted octanol–water partition coefficient (Wildman–Crippen LogP) is 4.53. The van der Waals surface area contributed by atoms with Crippen molar-refractivity contribution < 1.29 is 9.18 Å². The molecule has 0 spiro atoms. The van der Waals surface area contributed by atoms with Crippen LogP contribution in [-0.4, -0.2) is 25.8 Å². The van der Waals surface area contributed by atoms with E-state index >= 15 is 0 Å². The van der Waals surface area contributed by atoms with Crippen molar-refractivity contribution in [2.24, 2.45) is 0 Å². The molecule has 0 aliphatic rings. The Balaban J connectivity index is 2.08. The number of hydrogen-bond donors (Lipinski definition) is 1. The van der Waals surface area contributed by atoms with Crippen LogP contribution in [0.4, 0.5) is 4.39 Å². The van der Waals surface area contributed by atoms with Gasteiger partial charge in [0.1, 0.15) is 11.4 Å². The highest BCUT2D eigenvalue weighted by molar-refractivity contribution is 7.98. The number of benzene rings is 2. The van der Waals surface area contributed by atoms with Gasteiger partial charge in [-0.2, -0.15) is 0 Å². The molecule has 0 unspecified atom stereocenters. The van der Waals surface area contributed by atoms with Gasteiger partial charge in [0.2, 0.25) is 0 Å². The second-order valence-electron chi connectivity index (χ2n) is 6.04. The van der Waals surface area contributed by atoms with Crippen molar-refractivity contribution in [2.45, 2.75) is 4.90 Å². The lowest BCUT2D eigenvalue weighted by Gasteiger charge is -2.02. The lowest BCUT2D eigenvalue weighted by molar-refractivity contribution is -0.0746. The maximum absolute atomic E-state index is 13.5. The molecule has 0 bridgehead atoms. The highest BCUT2D eigenvalue weighted by atomic mass is 32.2. The fourth-order valence-corrected chi connectivity index (χ4v) is 3.73. The number of H-pyrrole nitrogens is 1. The Bertz CT molecular complexity index is 1210. The van der Waals surface area contributed by atoms with Gasteiger partial charge in [0.05, 0.1) is 10.6 Å². The van der Waals surface area contributed by atoms with Gasteiger partial charge in [0.25, 0.3) is 0 Å². The van der Waals surface area contributed by atoms with Crippen LogP contribution >= 0.6 is 11.8 Å². The zero-order chi connectivity index (χ0) is 19.5. The number of hydrogen-bond acceptors (Lipinski definition) is 2. The van der Waals surface area contributed by atoms with Crippen molar-refractivity contribution in [3.05, 3.63) is 89.9 Å². The molecule has 2 heterocycles. The summed E-state index contributed by atoms with van der Waals surface area (Å²) in [6.45, 7) is 0. The Morgan fingerprint density at radius 3 is 2.39 bits per heavy atom. The van der Waals surface area contributed by atoms with Gasteiger partial charge >= 0.3 is 5.49 Å². The van der Waals surface area contributed by atoms with Gasteiger partial charge in [-0.3, -0.25) is 4.98 Å². The number of pyridine rings is 1. The Morgan fingerprint density at radius 1 is 1.00 bits per heavy atom. The minimum atomic E-state index is -0.312. The van der Waals surface area contributed by atoms with E-state index in [-0.39, 0.29) is 5.82 Å². The summed E-state index contributed by atoms with van der Waals surface area (Å²) in [5, 5.41) is 3.33. The van der Waals surface area contributed by atoms with Crippen LogP contribution in [0.5, 0.6) is 0 Å². The molecule has 0 fully saturated rings. The molecule has 0 saturated heterocycles. The van der Waals surface area contributed by atoms with Crippen LogP contribution in [0.25, 0.3) is 33.6 Å². The van der Waals surface area contributed by atoms with E-state index in [0.29, 0.717) is 11.1 Å². The summed E-state index contributed by atoms with van der Waals surface area (Å²) in [7, 11) is 0. The predicted molar refractivity (Wildman–Crippen MR) is 107 cm³/mol. The molecule has 0 atom stereocenters. The fourth-order valence-electron chi connectivity index (χ4n) is 3.15. The standard InChI is InChI=1S/C21H16FN5S/c1-28-18-5-3-2-4-17(18)27-21(25-23)19(14-10-12-24-13-11-14)20(26-27)15-6-8-16(22)9-7-15/h2-13,26H,1H3. The lowest BCUT2D eigenvalue weighted by Crippen LogP contribution is -2.19. The normalized spacial score (nSPS) is 10.6. The minimum absolute atomic E-state index is 0.312. The van der Waals surface area contributed by atoms with Gasteiger partial charge in [-0.05, 0) is 60.4 Å². The summed E-state index contributed by atoms with van der Waals surface area (Å²) in [5.41, 5.74) is 14.1. The zero-order valence-corrected chi connectivity index (χ0v) is 15.8. The number of thioether (sulfide) groups is 1. The summed E-state index contributed by atoms with van der Waals surface area (Å²) in [6.07, 6.45) is 5.35. The maximum Gasteiger partial charge on any atom is 0.393 e. The summed E-state index contributed by atoms with van der Waals surface area (Å²) < 4.78 is 15.2. The number of nitrogens with zero attached hydrogens (tertiary/aromatic N) is 4. The van der Waals surface area contributed by atoms with Crippen LogP contribution in [0.2, 0.25) is 0 Å². The summed E-state index contributed by atoms with van der Waals surface area (Å²) in [6, 6.07) is 17.7. The van der Waals surface area contributed by atoms with Gasteiger partial charge in [-0.1, -0.05) is 12.1 Å². The van der Waals surface area contributed by atoms with E-state index in [1.165, 1.54) is 12.1 Å². The van der Waals surface area contributed by atoms with Crippen molar-refractivity contribution in [3.8, 4) is 28.1 Å². The Morgan fingerprint density at radius 2 is 1.71 bits per heavy atom. The molecule has 4 aromatic rings. The highest BCUT2D eigenvalue weighted by Gasteiger charge is 2.24. The summed E-state index contributed by atoms with van der Waals surface area (Å²) in [5.74, 6) is -0.312. The van der Waals surface area contributed by atoms with E-state index in [2.05, 4.69) is 14.9 Å². The largest absolute Gasteiger partial charge is 0.497 e. The Labute approximate surface area is 165 Å². The average molecular weight is 389 g/mol. The Hall–Kier alpha value is -3.41. The third-order valence-electron chi connectivity index (χ3n) is 4.43. The molecule has 2 aromatic carbocycles. The number of para-hydroxylation sites is 1. The van der Waals surface area contributed by atoms with Gasteiger partial charge in [-0.25, -0.2) is 9.49 Å². The van der Waals surface area contributed by atoms with Crippen molar-refractivity contribution in [2.75, 3.05) is 6.26 Å². The monoisotopic (exact) mass is 389 g/mol. The molecule has 4 rings (SSSR count). The van der Waals surface area contributed by atoms with Crippen molar-refractivity contribution in [3.63, 3.8) is 0 Å². The first kappa shape index (κ1) is 18.0. The van der Waals surface area contributed by atoms with Crippen LogP contribution in [0.15, 0.2) is 78.0 Å². The minimum Gasteiger partial charge on any atom is -0.497 e. The quantitative estimate of drug-likeness (QED) is 0.317. The summed E-state index contributed by atoms with van der Waals surface area (Å²) >= 11 is 1.59. The second kappa shape index (κ2) is 7.68. The first-order valence-electron chi connectivity index (χ1n) is 8.55. The number of aromatic nitrogens is 3. The molecule has 2 aromatic heterocycles. The van der Waals surface area contributed by atoms with E-state index in [1.54, 1.807) is 41.0 Å². The van der Waals surface area contributed by atoms with Crippen molar-refractivity contribution >= 4 is 11.8 Å².